The molecular weight excluding hydrogens is 338 g/mol. The van der Waals surface area contributed by atoms with Gasteiger partial charge in [0.25, 0.3) is 5.91 Å². The standard InChI is InChI=1S/C11H9BrClN3OS/c1-5-3-7(12)9(4-8(5)13)14-11(17)10-6(2)15-16-18-10/h3-4H,1-2H3,(H,14,17). The van der Waals surface area contributed by atoms with Crippen LogP contribution in [0.2, 0.25) is 5.02 Å². The highest BCUT2D eigenvalue weighted by Gasteiger charge is 2.15. The summed E-state index contributed by atoms with van der Waals surface area (Å²) in [5, 5.41) is 7.19. The average molecular weight is 347 g/mol. The number of nitrogens with zero attached hydrogens (tertiary/aromatic N) is 2. The summed E-state index contributed by atoms with van der Waals surface area (Å²) in [5.41, 5.74) is 2.19. The van der Waals surface area contributed by atoms with Crippen molar-refractivity contribution >= 4 is 50.7 Å². The molecule has 1 aromatic carbocycles. The number of carbonyl (C=O) groups excluding carboxylic acids is 1. The van der Waals surface area contributed by atoms with Gasteiger partial charge in [-0.05, 0) is 59.0 Å². The minimum atomic E-state index is -0.233. The summed E-state index contributed by atoms with van der Waals surface area (Å²) >= 11 is 10.5. The lowest BCUT2D eigenvalue weighted by atomic mass is 10.2. The van der Waals surface area contributed by atoms with Crippen molar-refractivity contribution in [2.24, 2.45) is 0 Å². The Hall–Kier alpha value is -0.980. The summed E-state index contributed by atoms with van der Waals surface area (Å²) in [6.45, 7) is 3.64. The van der Waals surface area contributed by atoms with Crippen LogP contribution in [0.4, 0.5) is 5.69 Å². The molecule has 18 heavy (non-hydrogen) atoms. The molecule has 1 amide bonds. The molecule has 4 nitrogen and oxygen atoms in total. The summed E-state index contributed by atoms with van der Waals surface area (Å²) in [4.78, 5) is 12.5. The highest BCUT2D eigenvalue weighted by atomic mass is 79.9. The van der Waals surface area contributed by atoms with Crippen molar-refractivity contribution in [2.45, 2.75) is 13.8 Å². The van der Waals surface area contributed by atoms with Gasteiger partial charge >= 0.3 is 0 Å². The number of carbonyl (C=O) groups is 1. The lowest BCUT2D eigenvalue weighted by Crippen LogP contribution is -2.12. The van der Waals surface area contributed by atoms with E-state index in [1.54, 1.807) is 13.0 Å². The number of anilines is 1. The van der Waals surface area contributed by atoms with Gasteiger partial charge < -0.3 is 5.32 Å². The zero-order chi connectivity index (χ0) is 13.3. The third kappa shape index (κ3) is 2.71. The number of nitrogens with one attached hydrogen (secondary N) is 1. The molecule has 0 aliphatic carbocycles. The molecule has 1 heterocycles. The van der Waals surface area contributed by atoms with Gasteiger partial charge in [0.05, 0.1) is 11.4 Å². The Morgan fingerprint density at radius 1 is 1.44 bits per heavy atom. The van der Waals surface area contributed by atoms with Gasteiger partial charge in [0, 0.05) is 9.50 Å². The van der Waals surface area contributed by atoms with Crippen LogP contribution in [0.1, 0.15) is 20.9 Å². The van der Waals surface area contributed by atoms with Gasteiger partial charge in [-0.15, -0.1) is 5.10 Å². The fraction of sp³-hybridized carbons (Fsp3) is 0.182. The SMILES string of the molecule is Cc1cc(Br)c(NC(=O)c2snnc2C)cc1Cl. The van der Waals surface area contributed by atoms with Crippen molar-refractivity contribution in [1.82, 2.24) is 9.59 Å². The smallest absolute Gasteiger partial charge is 0.269 e. The van der Waals surface area contributed by atoms with Gasteiger partial charge in [-0.1, -0.05) is 16.1 Å². The van der Waals surface area contributed by atoms with Gasteiger partial charge in [-0.2, -0.15) is 0 Å². The molecule has 0 atom stereocenters. The highest BCUT2D eigenvalue weighted by Crippen LogP contribution is 2.29. The van der Waals surface area contributed by atoms with E-state index in [1.165, 1.54) is 0 Å². The Labute approximate surface area is 122 Å². The van der Waals surface area contributed by atoms with Crippen molar-refractivity contribution in [2.75, 3.05) is 5.32 Å². The summed E-state index contributed by atoms with van der Waals surface area (Å²) in [7, 11) is 0. The predicted molar refractivity (Wildman–Crippen MR) is 76.5 cm³/mol. The van der Waals surface area contributed by atoms with Crippen LogP contribution < -0.4 is 5.32 Å². The summed E-state index contributed by atoms with van der Waals surface area (Å²) < 4.78 is 4.52. The lowest BCUT2D eigenvalue weighted by molar-refractivity contribution is 0.102. The molecule has 0 aliphatic rings. The van der Waals surface area contributed by atoms with Crippen LogP contribution in [0.25, 0.3) is 0 Å². The van der Waals surface area contributed by atoms with Crippen LogP contribution in [0.15, 0.2) is 16.6 Å². The van der Waals surface area contributed by atoms with E-state index >= 15 is 0 Å². The molecule has 0 radical (unpaired) electrons. The number of amides is 1. The van der Waals surface area contributed by atoms with E-state index in [2.05, 4.69) is 30.8 Å². The minimum absolute atomic E-state index is 0.233. The maximum Gasteiger partial charge on any atom is 0.269 e. The predicted octanol–water partition coefficient (Wildman–Crippen LogP) is 3.82. The lowest BCUT2D eigenvalue weighted by Gasteiger charge is -2.08. The van der Waals surface area contributed by atoms with Gasteiger partial charge in [-0.3, -0.25) is 4.79 Å². The number of aryl methyl sites for hydroxylation is 2. The fourth-order valence-electron chi connectivity index (χ4n) is 1.36. The Kier molecular flexibility index (Phi) is 3.99. The fourth-order valence-corrected chi connectivity index (χ4v) is 2.63. The largest absolute Gasteiger partial charge is 0.320 e. The van der Waals surface area contributed by atoms with Crippen molar-refractivity contribution in [1.29, 1.82) is 0 Å². The van der Waals surface area contributed by atoms with Gasteiger partial charge in [0.2, 0.25) is 0 Å². The van der Waals surface area contributed by atoms with E-state index in [9.17, 15) is 4.79 Å². The van der Waals surface area contributed by atoms with Gasteiger partial charge in [0.15, 0.2) is 0 Å². The highest BCUT2D eigenvalue weighted by molar-refractivity contribution is 9.10. The topological polar surface area (TPSA) is 54.9 Å². The first-order valence-corrected chi connectivity index (χ1v) is 6.99. The Morgan fingerprint density at radius 3 is 2.78 bits per heavy atom. The number of rotatable bonds is 2. The zero-order valence-electron chi connectivity index (χ0n) is 9.62. The number of aromatic nitrogens is 2. The normalized spacial score (nSPS) is 10.4. The van der Waals surface area contributed by atoms with E-state index in [0.29, 0.717) is 21.3 Å². The van der Waals surface area contributed by atoms with Gasteiger partial charge in [-0.25, -0.2) is 0 Å². The molecule has 1 N–H and O–H groups in total. The van der Waals surface area contributed by atoms with Crippen LogP contribution in [0.3, 0.4) is 0 Å². The van der Waals surface area contributed by atoms with Crippen molar-refractivity contribution in [3.05, 3.63) is 37.8 Å². The van der Waals surface area contributed by atoms with Crippen molar-refractivity contribution in [3.8, 4) is 0 Å². The molecule has 2 aromatic rings. The van der Waals surface area contributed by atoms with Crippen LogP contribution in [0.5, 0.6) is 0 Å². The molecule has 0 saturated heterocycles. The Bertz CT molecular complexity index is 614. The third-order valence-electron chi connectivity index (χ3n) is 2.35. The maximum atomic E-state index is 12.0. The third-order valence-corrected chi connectivity index (χ3v) is 4.24. The number of hydrogen-bond acceptors (Lipinski definition) is 4. The zero-order valence-corrected chi connectivity index (χ0v) is 12.8. The molecule has 0 fully saturated rings. The second-order valence-electron chi connectivity index (χ2n) is 3.72. The Morgan fingerprint density at radius 2 is 2.17 bits per heavy atom. The van der Waals surface area contributed by atoms with Crippen LogP contribution >= 0.6 is 39.1 Å². The van der Waals surface area contributed by atoms with E-state index in [0.717, 1.165) is 21.6 Å². The van der Waals surface area contributed by atoms with Crippen LogP contribution in [-0.2, 0) is 0 Å². The monoisotopic (exact) mass is 345 g/mol. The molecule has 0 aliphatic heterocycles. The molecule has 0 unspecified atom stereocenters. The maximum absolute atomic E-state index is 12.0. The summed E-state index contributed by atoms with van der Waals surface area (Å²) in [5.74, 6) is -0.233. The number of halogens is 2. The molecule has 7 heteroatoms. The Balaban J connectivity index is 2.28. The van der Waals surface area contributed by atoms with E-state index in [4.69, 9.17) is 11.6 Å². The van der Waals surface area contributed by atoms with Gasteiger partial charge in [0.1, 0.15) is 4.88 Å². The van der Waals surface area contributed by atoms with E-state index in [-0.39, 0.29) is 5.91 Å². The van der Waals surface area contributed by atoms with Crippen LogP contribution in [0, 0.1) is 13.8 Å². The minimum Gasteiger partial charge on any atom is -0.320 e. The molecule has 2 rings (SSSR count). The molecule has 0 saturated carbocycles. The van der Waals surface area contributed by atoms with Crippen molar-refractivity contribution < 1.29 is 4.79 Å². The number of benzene rings is 1. The molecular formula is C11H9BrClN3OS. The molecule has 0 spiro atoms. The molecule has 1 aromatic heterocycles. The first-order valence-electron chi connectivity index (χ1n) is 5.05. The second-order valence-corrected chi connectivity index (χ2v) is 5.74. The second kappa shape index (κ2) is 5.34. The first kappa shape index (κ1) is 13.5. The quantitative estimate of drug-likeness (QED) is 0.899. The van der Waals surface area contributed by atoms with Crippen molar-refractivity contribution in [3.63, 3.8) is 0 Å². The van der Waals surface area contributed by atoms with E-state index in [1.807, 2.05) is 13.0 Å². The number of hydrogen-bond donors (Lipinski definition) is 1. The average Bonchev–Trinajstić information content (AvgIpc) is 2.72. The van der Waals surface area contributed by atoms with Crippen LogP contribution in [-0.4, -0.2) is 15.5 Å². The molecule has 94 valence electrons. The van der Waals surface area contributed by atoms with E-state index < -0.39 is 0 Å². The summed E-state index contributed by atoms with van der Waals surface area (Å²) in [6.07, 6.45) is 0. The first-order chi connectivity index (χ1) is 8.49. The molecule has 0 bridgehead atoms. The summed E-state index contributed by atoms with van der Waals surface area (Å²) in [6, 6.07) is 3.57.